The Balaban J connectivity index is 1.26. The van der Waals surface area contributed by atoms with Crippen molar-refractivity contribution in [1.82, 2.24) is 9.80 Å². The monoisotopic (exact) mass is 453 g/mol. The van der Waals surface area contributed by atoms with Crippen LogP contribution in [-0.2, 0) is 21.2 Å². The van der Waals surface area contributed by atoms with Crippen molar-refractivity contribution in [3.8, 4) is 6.07 Å². The second-order valence-corrected chi connectivity index (χ2v) is 10.5. The van der Waals surface area contributed by atoms with Crippen molar-refractivity contribution >= 4 is 15.9 Å². The predicted octanol–water partition coefficient (Wildman–Crippen LogP) is 3.21. The van der Waals surface area contributed by atoms with Crippen LogP contribution in [0.4, 0.5) is 4.79 Å². The van der Waals surface area contributed by atoms with Crippen molar-refractivity contribution < 1.29 is 17.9 Å². The van der Waals surface area contributed by atoms with Gasteiger partial charge < -0.3 is 9.64 Å². The van der Waals surface area contributed by atoms with Crippen LogP contribution in [0.1, 0.15) is 30.4 Å². The van der Waals surface area contributed by atoms with Gasteiger partial charge in [-0.25, -0.2) is 13.2 Å². The smallest absolute Gasteiger partial charge is 0.410 e. The summed E-state index contributed by atoms with van der Waals surface area (Å²) in [6.45, 7) is 2.19. The summed E-state index contributed by atoms with van der Waals surface area (Å²) >= 11 is 0. The molecule has 168 valence electrons. The zero-order valence-electron chi connectivity index (χ0n) is 17.9. The largest absolute Gasteiger partial charge is 0.445 e. The first kappa shape index (κ1) is 22.3. The minimum atomic E-state index is -3.38. The molecule has 0 aromatic heterocycles. The Labute approximate surface area is 189 Å². The summed E-state index contributed by atoms with van der Waals surface area (Å²) in [6, 6.07) is 18.2. The third kappa shape index (κ3) is 5.12. The summed E-state index contributed by atoms with van der Waals surface area (Å²) in [6.07, 6.45) is 2.27. The number of piperazine rings is 1. The molecule has 2 aliphatic heterocycles. The topological polar surface area (TPSA) is 90.7 Å². The Hall–Kier alpha value is -2.89. The van der Waals surface area contributed by atoms with Crippen molar-refractivity contribution in [2.45, 2.75) is 42.8 Å². The maximum atomic E-state index is 12.6. The van der Waals surface area contributed by atoms with Gasteiger partial charge in [-0.2, -0.15) is 5.26 Å². The maximum Gasteiger partial charge on any atom is 0.410 e. The number of carbonyl (C=O) groups is 1. The number of nitrogens with zero attached hydrogens (tertiary/aromatic N) is 3. The lowest BCUT2D eigenvalue weighted by atomic mass is 10.2. The van der Waals surface area contributed by atoms with E-state index < -0.39 is 9.84 Å². The average Bonchev–Trinajstić information content (AvgIpc) is 3.04. The quantitative estimate of drug-likeness (QED) is 0.639. The van der Waals surface area contributed by atoms with Gasteiger partial charge in [-0.3, -0.25) is 4.90 Å². The molecule has 2 saturated heterocycles. The second kappa shape index (κ2) is 9.72. The van der Waals surface area contributed by atoms with Crippen LogP contribution in [0.25, 0.3) is 0 Å². The molecule has 2 aliphatic rings. The maximum absolute atomic E-state index is 12.6. The van der Waals surface area contributed by atoms with Crippen molar-refractivity contribution in [2.24, 2.45) is 0 Å². The fourth-order valence-electron chi connectivity index (χ4n) is 4.61. The molecule has 7 nitrogen and oxygen atoms in total. The van der Waals surface area contributed by atoms with Gasteiger partial charge >= 0.3 is 6.09 Å². The Morgan fingerprint density at radius 2 is 1.69 bits per heavy atom. The number of nitriles is 1. The lowest BCUT2D eigenvalue weighted by molar-refractivity contribution is 0.0428. The van der Waals surface area contributed by atoms with E-state index in [1.807, 2.05) is 36.4 Å². The minimum Gasteiger partial charge on any atom is -0.445 e. The Kier molecular flexibility index (Phi) is 6.77. The van der Waals surface area contributed by atoms with Crippen LogP contribution in [-0.4, -0.2) is 61.8 Å². The fourth-order valence-corrected chi connectivity index (χ4v) is 5.90. The molecule has 2 aromatic carbocycles. The first-order valence-corrected chi connectivity index (χ1v) is 12.6. The first-order valence-electron chi connectivity index (χ1n) is 10.9. The van der Waals surface area contributed by atoms with E-state index in [0.717, 1.165) is 18.4 Å². The lowest BCUT2D eigenvalue weighted by Crippen LogP contribution is -2.55. The molecule has 32 heavy (non-hydrogen) atoms. The summed E-state index contributed by atoms with van der Waals surface area (Å²) in [5, 5.41) is 8.87. The molecule has 2 bridgehead atoms. The zero-order valence-corrected chi connectivity index (χ0v) is 18.7. The van der Waals surface area contributed by atoms with Crippen LogP contribution in [0, 0.1) is 11.3 Å². The van der Waals surface area contributed by atoms with Crippen LogP contribution < -0.4 is 0 Å². The van der Waals surface area contributed by atoms with Gasteiger partial charge in [-0.15, -0.1) is 0 Å². The van der Waals surface area contributed by atoms with Crippen molar-refractivity contribution in [1.29, 1.82) is 5.26 Å². The van der Waals surface area contributed by atoms with Gasteiger partial charge in [0.15, 0.2) is 9.84 Å². The summed E-state index contributed by atoms with van der Waals surface area (Å²) < 4.78 is 30.7. The molecule has 0 saturated carbocycles. The summed E-state index contributed by atoms with van der Waals surface area (Å²) in [4.78, 5) is 16.9. The number of fused-ring (bicyclic) bond motifs is 2. The highest BCUT2D eigenvalue weighted by molar-refractivity contribution is 7.91. The number of benzene rings is 2. The molecular weight excluding hydrogens is 426 g/mol. The number of carbonyl (C=O) groups excluding carboxylic acids is 1. The standard InChI is InChI=1S/C24H27N3O4S/c25-15-19-7-11-23(12-8-19)32(29,30)14-4-13-27-21-9-10-22(27)17-26(16-21)24(28)31-18-20-5-2-1-3-6-20/h1-3,5-8,11-12,21-22H,4,9-10,13-14,16-18H2. The van der Waals surface area contributed by atoms with Gasteiger partial charge in [0.25, 0.3) is 0 Å². The summed E-state index contributed by atoms with van der Waals surface area (Å²) in [7, 11) is -3.38. The van der Waals surface area contributed by atoms with Crippen LogP contribution in [0.3, 0.4) is 0 Å². The van der Waals surface area contributed by atoms with Crippen LogP contribution in [0.5, 0.6) is 0 Å². The molecule has 0 spiro atoms. The number of likely N-dealkylation sites (tertiary alicyclic amines) is 1. The minimum absolute atomic E-state index is 0.0671. The zero-order chi connectivity index (χ0) is 22.6. The van der Waals surface area contributed by atoms with Gasteiger partial charge in [0, 0.05) is 25.2 Å². The summed E-state index contributed by atoms with van der Waals surface area (Å²) in [5.74, 6) is 0.0671. The second-order valence-electron chi connectivity index (χ2n) is 8.38. The molecule has 2 unspecified atom stereocenters. The molecule has 2 heterocycles. The molecule has 4 rings (SSSR count). The van der Waals surface area contributed by atoms with Gasteiger partial charge in [0.05, 0.1) is 22.3 Å². The van der Waals surface area contributed by atoms with E-state index in [2.05, 4.69) is 4.90 Å². The number of ether oxygens (including phenoxy) is 1. The molecule has 0 radical (unpaired) electrons. The fraction of sp³-hybridized carbons (Fsp3) is 0.417. The molecule has 2 fully saturated rings. The van der Waals surface area contributed by atoms with Gasteiger partial charge in [-0.1, -0.05) is 30.3 Å². The van der Waals surface area contributed by atoms with E-state index in [1.54, 1.807) is 4.90 Å². The van der Waals surface area contributed by atoms with Crippen LogP contribution in [0.2, 0.25) is 0 Å². The Bertz CT molecular complexity index is 1070. The van der Waals surface area contributed by atoms with Gasteiger partial charge in [-0.05, 0) is 55.6 Å². The third-order valence-electron chi connectivity index (χ3n) is 6.27. The number of amides is 1. The molecule has 2 atom stereocenters. The van der Waals surface area contributed by atoms with Gasteiger partial charge in [0.1, 0.15) is 6.61 Å². The van der Waals surface area contributed by atoms with E-state index in [4.69, 9.17) is 10.00 Å². The van der Waals surface area contributed by atoms with E-state index >= 15 is 0 Å². The Morgan fingerprint density at radius 3 is 2.31 bits per heavy atom. The number of rotatable bonds is 7. The molecule has 0 aliphatic carbocycles. The predicted molar refractivity (Wildman–Crippen MR) is 120 cm³/mol. The lowest BCUT2D eigenvalue weighted by Gasteiger charge is -2.40. The molecular formula is C24H27N3O4S. The highest BCUT2D eigenvalue weighted by Gasteiger charge is 2.41. The third-order valence-corrected chi connectivity index (χ3v) is 8.09. The number of sulfone groups is 1. The van der Waals surface area contributed by atoms with Crippen molar-refractivity contribution in [3.05, 3.63) is 65.7 Å². The average molecular weight is 454 g/mol. The van der Waals surface area contributed by atoms with E-state index in [1.165, 1.54) is 24.3 Å². The molecule has 8 heteroatoms. The van der Waals surface area contributed by atoms with Crippen molar-refractivity contribution in [3.63, 3.8) is 0 Å². The highest BCUT2D eigenvalue weighted by atomic mass is 32.2. The SMILES string of the molecule is N#Cc1ccc(S(=O)(=O)CCCN2C3CCC2CN(C(=O)OCc2ccccc2)C3)cc1. The molecule has 1 amide bonds. The van der Waals surface area contributed by atoms with Crippen molar-refractivity contribution in [2.75, 3.05) is 25.4 Å². The van der Waals surface area contributed by atoms with E-state index in [0.29, 0.717) is 31.6 Å². The van der Waals surface area contributed by atoms with E-state index in [-0.39, 0.29) is 35.4 Å². The highest BCUT2D eigenvalue weighted by Crippen LogP contribution is 2.30. The number of hydrogen-bond donors (Lipinski definition) is 0. The first-order chi connectivity index (χ1) is 15.5. The molecule has 2 aromatic rings. The Morgan fingerprint density at radius 1 is 1.03 bits per heavy atom. The normalized spacial score (nSPS) is 20.7. The van der Waals surface area contributed by atoms with Gasteiger partial charge in [0.2, 0.25) is 0 Å². The molecule has 0 N–H and O–H groups in total. The van der Waals surface area contributed by atoms with Crippen LogP contribution in [0.15, 0.2) is 59.5 Å². The number of hydrogen-bond acceptors (Lipinski definition) is 6. The van der Waals surface area contributed by atoms with E-state index in [9.17, 15) is 13.2 Å². The van der Waals surface area contributed by atoms with Crippen LogP contribution >= 0.6 is 0 Å². The summed E-state index contributed by atoms with van der Waals surface area (Å²) in [5.41, 5.74) is 1.41.